The van der Waals surface area contributed by atoms with E-state index in [2.05, 4.69) is 53.2 Å². The molecular weight excluding hydrogens is 300 g/mol. The summed E-state index contributed by atoms with van der Waals surface area (Å²) in [6, 6.07) is 0.742. The highest BCUT2D eigenvalue weighted by molar-refractivity contribution is 5.77. The van der Waals surface area contributed by atoms with Crippen molar-refractivity contribution in [2.45, 2.75) is 65.6 Å². The van der Waals surface area contributed by atoms with Crippen molar-refractivity contribution in [1.29, 1.82) is 0 Å². The fourth-order valence-corrected chi connectivity index (χ4v) is 3.70. The Morgan fingerprint density at radius 1 is 1.25 bits per heavy atom. The molecule has 0 aromatic carbocycles. The third-order valence-corrected chi connectivity index (χ3v) is 5.40. The molecule has 0 spiro atoms. The van der Waals surface area contributed by atoms with Crippen LogP contribution in [-0.2, 0) is 11.3 Å². The molecule has 5 nitrogen and oxygen atoms in total. The zero-order chi connectivity index (χ0) is 17.3. The molecule has 1 aliphatic carbocycles. The van der Waals surface area contributed by atoms with Crippen LogP contribution in [0.2, 0.25) is 0 Å². The molecule has 1 saturated carbocycles. The van der Waals surface area contributed by atoms with Crippen molar-refractivity contribution >= 4 is 5.91 Å². The van der Waals surface area contributed by atoms with Crippen molar-refractivity contribution in [3.63, 3.8) is 0 Å². The van der Waals surface area contributed by atoms with Gasteiger partial charge in [0.1, 0.15) is 5.82 Å². The second-order valence-electron chi connectivity index (χ2n) is 8.13. The largest absolute Gasteiger partial charge is 0.338 e. The quantitative estimate of drug-likeness (QED) is 0.804. The average Bonchev–Trinajstić information content (AvgIpc) is 3.25. The van der Waals surface area contributed by atoms with Crippen LogP contribution in [-0.4, -0.2) is 50.9 Å². The minimum atomic E-state index is 0.322. The number of rotatable bonds is 6. The number of carbonyl (C=O) groups excluding carboxylic acids is 1. The van der Waals surface area contributed by atoms with E-state index in [1.807, 2.05) is 6.20 Å². The molecule has 0 radical (unpaired) electrons. The highest BCUT2D eigenvalue weighted by Crippen LogP contribution is 2.32. The molecule has 1 aromatic heterocycles. The lowest BCUT2D eigenvalue weighted by Crippen LogP contribution is -2.47. The monoisotopic (exact) mass is 332 g/mol. The Labute approximate surface area is 146 Å². The Morgan fingerprint density at radius 3 is 2.62 bits per heavy atom. The van der Waals surface area contributed by atoms with Gasteiger partial charge in [-0.2, -0.15) is 0 Å². The minimum Gasteiger partial charge on any atom is -0.338 e. The lowest BCUT2D eigenvalue weighted by molar-refractivity contribution is -0.133. The standard InChI is InChI=1S/C19H32N4O/c1-14(2)17-12-21(13-18-20-8-10-22(18)15(3)4)9-7-19(24)23(17)11-16-5-6-16/h8,10,14-17H,5-7,9,11-13H2,1-4H3/t17-/m1/s1. The number of imidazole rings is 1. The molecule has 2 aliphatic rings. The van der Waals surface area contributed by atoms with E-state index in [-0.39, 0.29) is 0 Å². The Hall–Kier alpha value is -1.36. The Balaban J connectivity index is 1.73. The second-order valence-corrected chi connectivity index (χ2v) is 8.13. The van der Waals surface area contributed by atoms with Gasteiger partial charge in [-0.05, 0) is 38.5 Å². The van der Waals surface area contributed by atoms with Gasteiger partial charge in [-0.15, -0.1) is 0 Å². The number of nitrogens with zero attached hydrogens (tertiary/aromatic N) is 4. The van der Waals surface area contributed by atoms with Crippen LogP contribution in [0.25, 0.3) is 0 Å². The predicted molar refractivity (Wildman–Crippen MR) is 95.6 cm³/mol. The fourth-order valence-electron chi connectivity index (χ4n) is 3.70. The first-order chi connectivity index (χ1) is 11.5. The number of hydrogen-bond donors (Lipinski definition) is 0. The summed E-state index contributed by atoms with van der Waals surface area (Å²) in [6.45, 7) is 12.5. The summed E-state index contributed by atoms with van der Waals surface area (Å²) < 4.78 is 2.24. The van der Waals surface area contributed by atoms with Crippen LogP contribution in [0.3, 0.4) is 0 Å². The topological polar surface area (TPSA) is 41.4 Å². The van der Waals surface area contributed by atoms with Crippen molar-refractivity contribution in [1.82, 2.24) is 19.4 Å². The smallest absolute Gasteiger partial charge is 0.224 e. The van der Waals surface area contributed by atoms with Crippen LogP contribution in [0, 0.1) is 11.8 Å². The zero-order valence-corrected chi connectivity index (χ0v) is 15.6. The normalized spacial score (nSPS) is 23.3. The number of aromatic nitrogens is 2. The molecule has 134 valence electrons. The predicted octanol–water partition coefficient (Wildman–Crippen LogP) is 2.93. The zero-order valence-electron chi connectivity index (χ0n) is 15.6. The molecule has 1 aromatic rings. The van der Waals surface area contributed by atoms with E-state index in [4.69, 9.17) is 0 Å². The van der Waals surface area contributed by atoms with Gasteiger partial charge in [-0.25, -0.2) is 4.98 Å². The van der Waals surface area contributed by atoms with Gasteiger partial charge in [-0.3, -0.25) is 9.69 Å². The van der Waals surface area contributed by atoms with E-state index in [9.17, 15) is 4.79 Å². The molecule has 24 heavy (non-hydrogen) atoms. The third-order valence-electron chi connectivity index (χ3n) is 5.40. The summed E-state index contributed by atoms with van der Waals surface area (Å²) in [5.74, 6) is 2.69. The first kappa shape index (κ1) is 17.5. The van der Waals surface area contributed by atoms with Crippen LogP contribution in [0.4, 0.5) is 0 Å². The van der Waals surface area contributed by atoms with Crippen molar-refractivity contribution in [2.24, 2.45) is 11.8 Å². The van der Waals surface area contributed by atoms with Gasteiger partial charge in [-0.1, -0.05) is 13.8 Å². The molecule has 1 atom stereocenters. The molecule has 1 aliphatic heterocycles. The van der Waals surface area contributed by atoms with Crippen molar-refractivity contribution in [3.05, 3.63) is 18.2 Å². The van der Waals surface area contributed by atoms with E-state index in [1.54, 1.807) is 0 Å². The van der Waals surface area contributed by atoms with Gasteiger partial charge in [0.2, 0.25) is 5.91 Å². The summed E-state index contributed by atoms with van der Waals surface area (Å²) in [5.41, 5.74) is 0. The van der Waals surface area contributed by atoms with Gasteiger partial charge in [0, 0.05) is 50.5 Å². The summed E-state index contributed by atoms with van der Waals surface area (Å²) in [6.07, 6.45) is 7.17. The van der Waals surface area contributed by atoms with Gasteiger partial charge in [0.05, 0.1) is 6.54 Å². The van der Waals surface area contributed by atoms with Crippen LogP contribution in [0.15, 0.2) is 12.4 Å². The Kier molecular flexibility index (Phi) is 5.28. The molecule has 0 bridgehead atoms. The average molecular weight is 332 g/mol. The third kappa shape index (κ3) is 4.00. The van der Waals surface area contributed by atoms with Gasteiger partial charge < -0.3 is 9.47 Å². The summed E-state index contributed by atoms with van der Waals surface area (Å²) in [5, 5.41) is 0. The van der Waals surface area contributed by atoms with Crippen molar-refractivity contribution in [3.8, 4) is 0 Å². The Morgan fingerprint density at radius 2 is 2.00 bits per heavy atom. The molecule has 5 heteroatoms. The van der Waals surface area contributed by atoms with Crippen molar-refractivity contribution in [2.75, 3.05) is 19.6 Å². The second kappa shape index (κ2) is 7.26. The van der Waals surface area contributed by atoms with Crippen molar-refractivity contribution < 1.29 is 4.79 Å². The van der Waals surface area contributed by atoms with Crippen LogP contribution < -0.4 is 0 Å². The SMILES string of the molecule is CC(C)[C@H]1CN(Cc2nccn2C(C)C)CCC(=O)N1CC1CC1. The van der Waals surface area contributed by atoms with Crippen LogP contribution in [0.5, 0.6) is 0 Å². The molecule has 2 heterocycles. The highest BCUT2D eigenvalue weighted by atomic mass is 16.2. The number of carbonyl (C=O) groups is 1. The van der Waals surface area contributed by atoms with E-state index in [0.717, 1.165) is 37.9 Å². The van der Waals surface area contributed by atoms with Crippen LogP contribution in [0.1, 0.15) is 58.8 Å². The molecule has 3 rings (SSSR count). The van der Waals surface area contributed by atoms with E-state index in [1.165, 1.54) is 12.8 Å². The summed E-state index contributed by atoms with van der Waals surface area (Å²) in [4.78, 5) is 21.9. The van der Waals surface area contributed by atoms with Crippen LogP contribution >= 0.6 is 0 Å². The maximum Gasteiger partial charge on any atom is 0.224 e. The number of hydrogen-bond acceptors (Lipinski definition) is 3. The molecule has 0 N–H and O–H groups in total. The first-order valence-corrected chi connectivity index (χ1v) is 9.49. The van der Waals surface area contributed by atoms with E-state index in [0.29, 0.717) is 30.3 Å². The summed E-state index contributed by atoms with van der Waals surface area (Å²) in [7, 11) is 0. The lowest BCUT2D eigenvalue weighted by Gasteiger charge is -2.35. The number of amides is 1. The maximum atomic E-state index is 12.7. The summed E-state index contributed by atoms with van der Waals surface area (Å²) >= 11 is 0. The first-order valence-electron chi connectivity index (χ1n) is 9.49. The minimum absolute atomic E-state index is 0.322. The molecular formula is C19H32N4O. The highest BCUT2D eigenvalue weighted by Gasteiger charge is 2.35. The van der Waals surface area contributed by atoms with Gasteiger partial charge in [0.15, 0.2) is 0 Å². The van der Waals surface area contributed by atoms with E-state index >= 15 is 0 Å². The molecule has 0 unspecified atom stereocenters. The lowest BCUT2D eigenvalue weighted by atomic mass is 10.0. The van der Waals surface area contributed by atoms with E-state index < -0.39 is 0 Å². The maximum absolute atomic E-state index is 12.7. The van der Waals surface area contributed by atoms with Gasteiger partial charge >= 0.3 is 0 Å². The molecule has 1 saturated heterocycles. The molecule has 1 amide bonds. The molecule has 2 fully saturated rings. The fraction of sp³-hybridized carbons (Fsp3) is 0.789. The van der Waals surface area contributed by atoms with Gasteiger partial charge in [0.25, 0.3) is 0 Å². The Bertz CT molecular complexity index is 561.